The van der Waals surface area contributed by atoms with Gasteiger partial charge in [0, 0.05) is 12.8 Å². The molecule has 10 heteroatoms. The van der Waals surface area contributed by atoms with Gasteiger partial charge in [0.2, 0.25) is 11.8 Å². The number of anilines is 2. The van der Waals surface area contributed by atoms with E-state index in [2.05, 4.69) is 4.72 Å². The lowest BCUT2D eigenvalue weighted by molar-refractivity contribution is -0.121. The summed E-state index contributed by atoms with van der Waals surface area (Å²) in [5.74, 6) is -0.609. The second kappa shape index (κ2) is 7.38. The topological polar surface area (TPSA) is 92.8 Å². The molecule has 0 bridgehead atoms. The van der Waals surface area contributed by atoms with Gasteiger partial charge in [0.25, 0.3) is 10.0 Å². The van der Waals surface area contributed by atoms with Crippen LogP contribution in [0, 0.1) is 0 Å². The number of imide groups is 1. The Morgan fingerprint density at radius 1 is 1.00 bits per heavy atom. The summed E-state index contributed by atoms with van der Waals surface area (Å²) in [5.41, 5.74) is 0.303. The minimum absolute atomic E-state index is 0.0699. The van der Waals surface area contributed by atoms with Gasteiger partial charge in [-0.25, -0.2) is 13.3 Å². The number of methoxy groups -OCH3 is 1. The molecule has 0 radical (unpaired) electrons. The number of nitrogens with one attached hydrogen (secondary N) is 1. The van der Waals surface area contributed by atoms with E-state index in [9.17, 15) is 18.0 Å². The third-order valence-electron chi connectivity index (χ3n) is 3.92. The number of amides is 2. The Morgan fingerprint density at radius 2 is 1.67 bits per heavy atom. The molecule has 142 valence electrons. The maximum absolute atomic E-state index is 12.7. The zero-order valence-corrected chi connectivity index (χ0v) is 16.4. The van der Waals surface area contributed by atoms with Crippen molar-refractivity contribution in [3.05, 3.63) is 46.4 Å². The molecule has 0 unspecified atom stereocenters. The molecule has 1 saturated heterocycles. The SMILES string of the molecule is COc1ccc(S(=O)(=O)Nc2ccc(Cl)c(Cl)c2)cc1N1C(=O)CCC1=O. The summed E-state index contributed by atoms with van der Waals surface area (Å²) in [6.07, 6.45) is 0.140. The van der Waals surface area contributed by atoms with E-state index >= 15 is 0 Å². The van der Waals surface area contributed by atoms with Gasteiger partial charge in [0.05, 0.1) is 33.4 Å². The van der Waals surface area contributed by atoms with Gasteiger partial charge >= 0.3 is 0 Å². The number of carbonyl (C=O) groups excluding carboxylic acids is 2. The molecule has 27 heavy (non-hydrogen) atoms. The van der Waals surface area contributed by atoms with Crippen LogP contribution in [0.4, 0.5) is 11.4 Å². The number of ether oxygens (including phenoxy) is 1. The van der Waals surface area contributed by atoms with Crippen LogP contribution in [0.25, 0.3) is 0 Å². The highest BCUT2D eigenvalue weighted by atomic mass is 35.5. The second-order valence-electron chi connectivity index (χ2n) is 5.69. The standard InChI is InChI=1S/C17H14Cl2N2O5S/c1-26-15-5-3-11(9-14(15)21-16(22)6-7-17(21)23)27(24,25)20-10-2-4-12(18)13(19)8-10/h2-5,8-9,20H,6-7H2,1H3. The lowest BCUT2D eigenvalue weighted by atomic mass is 10.2. The zero-order chi connectivity index (χ0) is 19.8. The molecule has 1 aliphatic heterocycles. The maximum atomic E-state index is 12.7. The maximum Gasteiger partial charge on any atom is 0.261 e. The van der Waals surface area contributed by atoms with E-state index in [1.54, 1.807) is 0 Å². The molecule has 3 rings (SSSR count). The summed E-state index contributed by atoms with van der Waals surface area (Å²) in [4.78, 5) is 24.9. The number of rotatable bonds is 5. The van der Waals surface area contributed by atoms with Gasteiger partial charge in [-0.2, -0.15) is 0 Å². The lowest BCUT2D eigenvalue weighted by Crippen LogP contribution is -2.29. The van der Waals surface area contributed by atoms with Gasteiger partial charge in [-0.15, -0.1) is 0 Å². The van der Waals surface area contributed by atoms with Gasteiger partial charge in [0.15, 0.2) is 0 Å². The van der Waals surface area contributed by atoms with Crippen LogP contribution in [0.1, 0.15) is 12.8 Å². The summed E-state index contributed by atoms with van der Waals surface area (Å²) in [5, 5.41) is 0.484. The molecule has 2 aromatic carbocycles. The third-order valence-corrected chi connectivity index (χ3v) is 6.04. The highest BCUT2D eigenvalue weighted by Crippen LogP contribution is 2.35. The van der Waals surface area contributed by atoms with Crippen LogP contribution in [-0.4, -0.2) is 27.3 Å². The average molecular weight is 429 g/mol. The molecule has 0 spiro atoms. The van der Waals surface area contributed by atoms with Gasteiger partial charge < -0.3 is 4.74 Å². The number of halogens is 2. The van der Waals surface area contributed by atoms with Gasteiger partial charge in [-0.3, -0.25) is 14.3 Å². The van der Waals surface area contributed by atoms with Crippen LogP contribution in [0.3, 0.4) is 0 Å². The average Bonchev–Trinajstić information content (AvgIpc) is 2.95. The van der Waals surface area contributed by atoms with E-state index in [4.69, 9.17) is 27.9 Å². The molecule has 0 saturated carbocycles. The van der Waals surface area contributed by atoms with Crippen LogP contribution in [0.2, 0.25) is 10.0 Å². The van der Waals surface area contributed by atoms with E-state index in [-0.39, 0.29) is 44.9 Å². The smallest absolute Gasteiger partial charge is 0.261 e. The van der Waals surface area contributed by atoms with Gasteiger partial charge in [-0.1, -0.05) is 23.2 Å². The van der Waals surface area contributed by atoms with E-state index in [1.807, 2.05) is 0 Å². The van der Waals surface area contributed by atoms with Crippen LogP contribution >= 0.6 is 23.2 Å². The van der Waals surface area contributed by atoms with Crippen molar-refractivity contribution in [3.63, 3.8) is 0 Å². The molecule has 0 atom stereocenters. The third kappa shape index (κ3) is 3.87. The molecule has 7 nitrogen and oxygen atoms in total. The van der Waals surface area contributed by atoms with Crippen LogP contribution < -0.4 is 14.4 Å². The summed E-state index contributed by atoms with van der Waals surface area (Å²) >= 11 is 11.7. The molecule has 1 heterocycles. The number of benzene rings is 2. The molecule has 0 aliphatic carbocycles. The Morgan fingerprint density at radius 3 is 2.26 bits per heavy atom. The van der Waals surface area contributed by atoms with Crippen molar-refractivity contribution in [3.8, 4) is 5.75 Å². The minimum atomic E-state index is -4.01. The van der Waals surface area contributed by atoms with Gasteiger partial charge in [0.1, 0.15) is 5.75 Å². The fourth-order valence-corrected chi connectivity index (χ4v) is 4.00. The van der Waals surface area contributed by atoms with Crippen molar-refractivity contribution < 1.29 is 22.7 Å². The van der Waals surface area contributed by atoms with Crippen LogP contribution in [0.5, 0.6) is 5.75 Å². The first kappa shape index (κ1) is 19.5. The molecule has 0 aromatic heterocycles. The van der Waals surface area contributed by atoms with Gasteiger partial charge in [-0.05, 0) is 36.4 Å². The Balaban J connectivity index is 2.00. The molecular weight excluding hydrogens is 415 g/mol. The van der Waals surface area contributed by atoms with E-state index in [1.165, 1.54) is 43.5 Å². The summed E-state index contributed by atoms with van der Waals surface area (Å²) < 4.78 is 33.0. The summed E-state index contributed by atoms with van der Waals surface area (Å²) in [6, 6.07) is 8.22. The fourth-order valence-electron chi connectivity index (χ4n) is 2.63. The molecule has 2 aromatic rings. The first-order valence-corrected chi connectivity index (χ1v) is 9.98. The van der Waals surface area contributed by atoms with Crippen molar-refractivity contribution in [1.29, 1.82) is 0 Å². The quantitative estimate of drug-likeness (QED) is 0.735. The van der Waals surface area contributed by atoms with E-state index in [0.717, 1.165) is 4.90 Å². The highest BCUT2D eigenvalue weighted by molar-refractivity contribution is 7.92. The Bertz CT molecular complexity index is 1020. The number of nitrogens with zero attached hydrogens (tertiary/aromatic N) is 1. The summed E-state index contributed by atoms with van der Waals surface area (Å²) in [7, 11) is -2.64. The number of carbonyl (C=O) groups is 2. The highest BCUT2D eigenvalue weighted by Gasteiger charge is 2.33. The number of hydrogen-bond acceptors (Lipinski definition) is 5. The van der Waals surface area contributed by atoms with Crippen molar-refractivity contribution in [1.82, 2.24) is 0 Å². The monoisotopic (exact) mass is 428 g/mol. The number of hydrogen-bond donors (Lipinski definition) is 1. The predicted molar refractivity (Wildman–Crippen MR) is 102 cm³/mol. The fraction of sp³-hybridized carbons (Fsp3) is 0.176. The lowest BCUT2D eigenvalue weighted by Gasteiger charge is -2.18. The first-order valence-electron chi connectivity index (χ1n) is 7.74. The summed E-state index contributed by atoms with van der Waals surface area (Å²) in [6.45, 7) is 0. The molecular formula is C17H14Cl2N2O5S. The predicted octanol–water partition coefficient (Wildman–Crippen LogP) is 3.46. The molecule has 1 aliphatic rings. The largest absolute Gasteiger partial charge is 0.495 e. The Kier molecular flexibility index (Phi) is 5.32. The molecule has 1 N–H and O–H groups in total. The van der Waals surface area contributed by atoms with E-state index < -0.39 is 21.8 Å². The number of sulfonamides is 1. The van der Waals surface area contributed by atoms with Crippen molar-refractivity contribution in [2.45, 2.75) is 17.7 Å². The van der Waals surface area contributed by atoms with Crippen LogP contribution in [-0.2, 0) is 19.6 Å². The van der Waals surface area contributed by atoms with E-state index in [0.29, 0.717) is 0 Å². The Hall–Kier alpha value is -2.29. The second-order valence-corrected chi connectivity index (χ2v) is 8.19. The van der Waals surface area contributed by atoms with Crippen molar-refractivity contribution in [2.24, 2.45) is 0 Å². The Labute approximate surface area is 165 Å². The molecule has 1 fully saturated rings. The first-order chi connectivity index (χ1) is 12.7. The normalized spacial score (nSPS) is 14.6. The minimum Gasteiger partial charge on any atom is -0.495 e. The van der Waals surface area contributed by atoms with Crippen LogP contribution in [0.15, 0.2) is 41.3 Å². The van der Waals surface area contributed by atoms with Crippen molar-refractivity contribution >= 4 is 56.4 Å². The zero-order valence-electron chi connectivity index (χ0n) is 14.0. The van der Waals surface area contributed by atoms with Crippen molar-refractivity contribution in [2.75, 3.05) is 16.7 Å². The molecule has 2 amide bonds.